The van der Waals surface area contributed by atoms with Gasteiger partial charge >= 0.3 is 5.97 Å². The van der Waals surface area contributed by atoms with Crippen LogP contribution in [0.1, 0.15) is 15.9 Å². The van der Waals surface area contributed by atoms with Crippen LogP contribution >= 0.6 is 0 Å². The van der Waals surface area contributed by atoms with E-state index in [4.69, 9.17) is 14.3 Å². The molecule has 0 aliphatic carbocycles. The Balaban J connectivity index is 2.84. The monoisotopic (exact) mass is 206 g/mol. The van der Waals surface area contributed by atoms with Gasteiger partial charge in [-0.05, 0) is 19.1 Å². The number of fused-ring (bicyclic) bond motifs is 1. The molecule has 1 aromatic heterocycles. The number of ether oxygens (including phenoxy) is 1. The van der Waals surface area contributed by atoms with Crippen LogP contribution in [0.3, 0.4) is 0 Å². The van der Waals surface area contributed by atoms with Gasteiger partial charge in [0.2, 0.25) is 0 Å². The lowest BCUT2D eigenvalue weighted by Crippen LogP contribution is -2.02. The smallest absolute Gasteiger partial charge is 0.339 e. The van der Waals surface area contributed by atoms with Crippen molar-refractivity contribution < 1.29 is 19.1 Å². The molecule has 1 aromatic carbocycles. The summed E-state index contributed by atoms with van der Waals surface area (Å²) in [6.07, 6.45) is 1.53. The minimum Gasteiger partial charge on any atom is -0.495 e. The van der Waals surface area contributed by atoms with E-state index in [2.05, 4.69) is 0 Å². The first-order chi connectivity index (χ1) is 7.15. The van der Waals surface area contributed by atoms with Crippen LogP contribution in [0.4, 0.5) is 0 Å². The number of benzene rings is 1. The quantitative estimate of drug-likeness (QED) is 0.819. The first-order valence-electron chi connectivity index (χ1n) is 4.43. The second-order valence-electron chi connectivity index (χ2n) is 3.23. The Labute approximate surface area is 86.1 Å². The molecule has 4 heteroatoms. The molecule has 0 aliphatic rings. The number of aryl methyl sites for hydroxylation is 1. The molecule has 2 rings (SSSR count). The van der Waals surface area contributed by atoms with Crippen molar-refractivity contribution in [3.63, 3.8) is 0 Å². The topological polar surface area (TPSA) is 59.7 Å². The predicted molar refractivity (Wildman–Crippen MR) is 54.5 cm³/mol. The van der Waals surface area contributed by atoms with Gasteiger partial charge in [-0.3, -0.25) is 0 Å². The van der Waals surface area contributed by atoms with Gasteiger partial charge in [-0.25, -0.2) is 4.79 Å². The van der Waals surface area contributed by atoms with Crippen molar-refractivity contribution in [3.05, 3.63) is 29.5 Å². The minimum absolute atomic E-state index is 0.156. The van der Waals surface area contributed by atoms with Gasteiger partial charge in [0.15, 0.2) is 0 Å². The van der Waals surface area contributed by atoms with Gasteiger partial charge in [0.1, 0.15) is 16.9 Å². The highest BCUT2D eigenvalue weighted by Gasteiger charge is 2.17. The number of carboxylic acid groups (broad SMARTS) is 1. The number of carbonyl (C=O) groups is 1. The van der Waals surface area contributed by atoms with Crippen LogP contribution in [0, 0.1) is 6.92 Å². The molecule has 0 spiro atoms. The zero-order valence-corrected chi connectivity index (χ0v) is 8.40. The van der Waals surface area contributed by atoms with Crippen molar-refractivity contribution >= 4 is 16.9 Å². The number of hydrogen-bond acceptors (Lipinski definition) is 3. The highest BCUT2D eigenvalue weighted by molar-refractivity contribution is 5.98. The lowest BCUT2D eigenvalue weighted by molar-refractivity contribution is 0.0693. The first kappa shape index (κ1) is 9.58. The van der Waals surface area contributed by atoms with Crippen LogP contribution < -0.4 is 4.74 Å². The predicted octanol–water partition coefficient (Wildman–Crippen LogP) is 2.45. The molecule has 0 saturated carbocycles. The lowest BCUT2D eigenvalue weighted by Gasteiger charge is -2.08. The van der Waals surface area contributed by atoms with Gasteiger partial charge in [-0.1, -0.05) is 0 Å². The summed E-state index contributed by atoms with van der Waals surface area (Å²) in [5, 5.41) is 9.78. The Hall–Kier alpha value is -1.97. The van der Waals surface area contributed by atoms with Crippen molar-refractivity contribution in [3.8, 4) is 5.75 Å². The third-order valence-corrected chi connectivity index (χ3v) is 2.36. The van der Waals surface area contributed by atoms with Gasteiger partial charge in [-0.2, -0.15) is 0 Å². The average molecular weight is 206 g/mol. The van der Waals surface area contributed by atoms with Gasteiger partial charge in [0.25, 0.3) is 0 Å². The number of furan rings is 1. The summed E-state index contributed by atoms with van der Waals surface area (Å²) in [5.74, 6) is -0.650. The largest absolute Gasteiger partial charge is 0.495 e. The van der Waals surface area contributed by atoms with Gasteiger partial charge in [0.05, 0.1) is 13.4 Å². The molecule has 0 radical (unpaired) electrons. The van der Waals surface area contributed by atoms with Crippen molar-refractivity contribution in [1.29, 1.82) is 0 Å². The van der Waals surface area contributed by atoms with Crippen LogP contribution in [-0.2, 0) is 0 Å². The van der Waals surface area contributed by atoms with Gasteiger partial charge in [0, 0.05) is 10.9 Å². The molecule has 0 unspecified atom stereocenters. The third-order valence-electron chi connectivity index (χ3n) is 2.36. The fourth-order valence-electron chi connectivity index (χ4n) is 1.69. The van der Waals surface area contributed by atoms with E-state index in [-0.39, 0.29) is 5.56 Å². The maximum atomic E-state index is 11.0. The molecule has 2 aromatic rings. The maximum absolute atomic E-state index is 11.0. The molecule has 0 aliphatic heterocycles. The van der Waals surface area contributed by atoms with Crippen LogP contribution in [0.5, 0.6) is 5.75 Å². The van der Waals surface area contributed by atoms with Gasteiger partial charge < -0.3 is 14.3 Å². The number of rotatable bonds is 2. The van der Waals surface area contributed by atoms with Crippen molar-refractivity contribution in [2.45, 2.75) is 6.92 Å². The molecule has 1 heterocycles. The Bertz CT molecular complexity index is 525. The summed E-state index contributed by atoms with van der Waals surface area (Å²) in [6, 6.07) is 3.28. The van der Waals surface area contributed by atoms with E-state index in [9.17, 15) is 4.79 Å². The Morgan fingerprint density at radius 1 is 1.53 bits per heavy atom. The Morgan fingerprint density at radius 3 is 2.87 bits per heavy atom. The van der Waals surface area contributed by atoms with Crippen LogP contribution in [-0.4, -0.2) is 18.2 Å². The molecular formula is C11H10O4. The van der Waals surface area contributed by atoms with Crippen molar-refractivity contribution in [2.75, 3.05) is 7.11 Å². The molecule has 0 amide bonds. The molecule has 0 bridgehead atoms. The SMILES string of the molecule is COc1c(C(=O)O)cc2ccoc2c1C. The van der Waals surface area contributed by atoms with E-state index in [1.807, 2.05) is 0 Å². The van der Waals surface area contributed by atoms with Crippen LogP contribution in [0.15, 0.2) is 22.8 Å². The standard InChI is InChI=1S/C11H10O4/c1-6-9-7(3-4-15-9)5-8(11(12)13)10(6)14-2/h3-5H,1-2H3,(H,12,13). The highest BCUT2D eigenvalue weighted by Crippen LogP contribution is 2.31. The highest BCUT2D eigenvalue weighted by atomic mass is 16.5. The van der Waals surface area contributed by atoms with E-state index in [1.54, 1.807) is 19.1 Å². The summed E-state index contributed by atoms with van der Waals surface area (Å²) < 4.78 is 10.3. The summed E-state index contributed by atoms with van der Waals surface area (Å²) in [5.41, 5.74) is 1.53. The fraction of sp³-hybridized carbons (Fsp3) is 0.182. The summed E-state index contributed by atoms with van der Waals surface area (Å²) in [7, 11) is 1.45. The average Bonchev–Trinajstić information content (AvgIpc) is 2.65. The molecule has 1 N–H and O–H groups in total. The zero-order valence-electron chi connectivity index (χ0n) is 8.40. The van der Waals surface area contributed by atoms with E-state index in [0.717, 1.165) is 5.39 Å². The Kier molecular flexibility index (Phi) is 2.11. The zero-order chi connectivity index (χ0) is 11.0. The molecule has 15 heavy (non-hydrogen) atoms. The summed E-state index contributed by atoms with van der Waals surface area (Å²) in [6.45, 7) is 1.77. The first-order valence-corrected chi connectivity index (χ1v) is 4.43. The Morgan fingerprint density at radius 2 is 2.27 bits per heavy atom. The molecule has 0 saturated heterocycles. The second-order valence-corrected chi connectivity index (χ2v) is 3.23. The van der Waals surface area contributed by atoms with E-state index in [1.165, 1.54) is 13.4 Å². The number of aromatic carboxylic acids is 1. The van der Waals surface area contributed by atoms with E-state index >= 15 is 0 Å². The number of methoxy groups -OCH3 is 1. The van der Waals surface area contributed by atoms with Crippen LogP contribution in [0.2, 0.25) is 0 Å². The molecule has 0 fully saturated rings. The molecule has 0 atom stereocenters. The van der Waals surface area contributed by atoms with E-state index in [0.29, 0.717) is 16.9 Å². The van der Waals surface area contributed by atoms with Crippen molar-refractivity contribution in [1.82, 2.24) is 0 Å². The van der Waals surface area contributed by atoms with Crippen LogP contribution in [0.25, 0.3) is 11.0 Å². The van der Waals surface area contributed by atoms with E-state index < -0.39 is 5.97 Å². The fourth-order valence-corrected chi connectivity index (χ4v) is 1.69. The van der Waals surface area contributed by atoms with Gasteiger partial charge in [-0.15, -0.1) is 0 Å². The normalized spacial score (nSPS) is 10.5. The lowest BCUT2D eigenvalue weighted by atomic mass is 10.1. The number of carboxylic acids is 1. The third kappa shape index (κ3) is 1.34. The minimum atomic E-state index is -1.00. The maximum Gasteiger partial charge on any atom is 0.339 e. The second kappa shape index (κ2) is 3.31. The number of hydrogen-bond donors (Lipinski definition) is 1. The van der Waals surface area contributed by atoms with Crippen molar-refractivity contribution in [2.24, 2.45) is 0 Å². The molecule has 4 nitrogen and oxygen atoms in total. The molecular weight excluding hydrogens is 196 g/mol. The summed E-state index contributed by atoms with van der Waals surface area (Å²) in [4.78, 5) is 11.0. The molecule has 78 valence electrons. The summed E-state index contributed by atoms with van der Waals surface area (Å²) >= 11 is 0.